The van der Waals surface area contributed by atoms with Gasteiger partial charge in [0.1, 0.15) is 0 Å². The van der Waals surface area contributed by atoms with Crippen molar-refractivity contribution >= 4 is 7.48 Å². The summed E-state index contributed by atoms with van der Waals surface area (Å²) >= 11 is 0. The van der Waals surface area contributed by atoms with E-state index in [1.165, 1.54) is 38.5 Å². The molecule has 0 aromatic carbocycles. The van der Waals surface area contributed by atoms with Gasteiger partial charge in [0.05, 0.1) is 11.2 Å². The van der Waals surface area contributed by atoms with Crippen molar-refractivity contribution in [3.8, 4) is 0 Å². The van der Waals surface area contributed by atoms with Crippen LogP contribution < -0.4 is 0 Å². The van der Waals surface area contributed by atoms with Crippen LogP contribution in [-0.2, 0) is 4.65 Å². The zero-order valence-electron chi connectivity index (χ0n) is 14.5. The molecule has 0 heterocycles. The molecule has 0 amide bonds. The molecule has 2 rings (SSSR count). The number of aliphatic hydroxyl groups is 1. The van der Waals surface area contributed by atoms with Crippen LogP contribution >= 0.6 is 0 Å². The Balaban J connectivity index is 1.85. The molecule has 1 radical (unpaired) electrons. The summed E-state index contributed by atoms with van der Waals surface area (Å²) in [6, 6.07) is 0. The van der Waals surface area contributed by atoms with Crippen molar-refractivity contribution in [1.82, 2.24) is 0 Å². The van der Waals surface area contributed by atoms with Crippen LogP contribution in [-0.4, -0.2) is 23.8 Å². The fourth-order valence-electron chi connectivity index (χ4n) is 3.45. The average molecular weight is 291 g/mol. The van der Waals surface area contributed by atoms with Gasteiger partial charge in [0.25, 0.3) is 7.48 Å². The number of fused-ring (bicyclic) bond motifs is 1. The van der Waals surface area contributed by atoms with E-state index >= 15 is 0 Å². The molecule has 3 atom stereocenters. The maximum absolute atomic E-state index is 10.2. The highest BCUT2D eigenvalue weighted by atomic mass is 16.5. The van der Waals surface area contributed by atoms with Crippen LogP contribution in [0.2, 0.25) is 5.82 Å². The third-order valence-electron chi connectivity index (χ3n) is 5.86. The Morgan fingerprint density at radius 1 is 1.10 bits per heavy atom. The van der Waals surface area contributed by atoms with Gasteiger partial charge in [0.15, 0.2) is 0 Å². The van der Waals surface area contributed by atoms with Crippen molar-refractivity contribution in [3.63, 3.8) is 0 Å². The van der Waals surface area contributed by atoms with Gasteiger partial charge >= 0.3 is 0 Å². The Morgan fingerprint density at radius 3 is 2.33 bits per heavy atom. The second kappa shape index (κ2) is 6.46. The molecular weight excluding hydrogens is 259 g/mol. The fraction of sp³-hybridized carbons (Fsp3) is 0.889. The lowest BCUT2D eigenvalue weighted by atomic mass is 9.73. The summed E-state index contributed by atoms with van der Waals surface area (Å²) in [6.07, 6.45) is 10.1. The second-order valence-electron chi connectivity index (χ2n) is 8.25. The molecule has 119 valence electrons. The maximum atomic E-state index is 10.2. The van der Waals surface area contributed by atoms with E-state index in [0.29, 0.717) is 5.82 Å². The van der Waals surface area contributed by atoms with Gasteiger partial charge in [-0.15, -0.1) is 0 Å². The van der Waals surface area contributed by atoms with E-state index in [0.717, 1.165) is 11.8 Å². The Bertz CT molecular complexity index is 381. The molecule has 3 unspecified atom stereocenters. The predicted octanol–water partition coefficient (Wildman–Crippen LogP) is 4.51. The normalized spacial score (nSPS) is 31.1. The lowest BCUT2D eigenvalue weighted by Crippen LogP contribution is -2.48. The number of rotatable bonds is 4. The van der Waals surface area contributed by atoms with Gasteiger partial charge in [-0.1, -0.05) is 37.3 Å². The number of hydrogen-bond acceptors (Lipinski definition) is 2. The first-order valence-electron chi connectivity index (χ1n) is 8.58. The highest BCUT2D eigenvalue weighted by Crippen LogP contribution is 2.42. The van der Waals surface area contributed by atoms with E-state index in [-0.39, 0.29) is 0 Å². The molecule has 0 aliphatic heterocycles. The van der Waals surface area contributed by atoms with Crippen molar-refractivity contribution in [2.24, 2.45) is 11.8 Å². The Labute approximate surface area is 131 Å². The van der Waals surface area contributed by atoms with Crippen LogP contribution in [0, 0.1) is 11.8 Å². The SMILES string of the molecule is CC1=CCC2CCC([B]OC(C)(C)C(C)(C)O)CCC2C1. The first-order valence-corrected chi connectivity index (χ1v) is 8.58. The Kier molecular flexibility index (Phi) is 5.25. The third-order valence-corrected chi connectivity index (χ3v) is 5.86. The predicted molar refractivity (Wildman–Crippen MR) is 89.4 cm³/mol. The zero-order chi connectivity index (χ0) is 15.7. The zero-order valence-corrected chi connectivity index (χ0v) is 14.5. The monoisotopic (exact) mass is 291 g/mol. The molecule has 0 aromatic rings. The van der Waals surface area contributed by atoms with Crippen LogP contribution in [0.4, 0.5) is 0 Å². The van der Waals surface area contributed by atoms with Crippen LogP contribution in [0.15, 0.2) is 11.6 Å². The van der Waals surface area contributed by atoms with Gasteiger partial charge < -0.3 is 9.76 Å². The van der Waals surface area contributed by atoms with Crippen molar-refractivity contribution in [2.45, 2.75) is 90.2 Å². The van der Waals surface area contributed by atoms with E-state index in [9.17, 15) is 5.11 Å². The summed E-state index contributed by atoms with van der Waals surface area (Å²) in [7, 11) is 2.02. The van der Waals surface area contributed by atoms with E-state index < -0.39 is 11.2 Å². The molecule has 3 heteroatoms. The van der Waals surface area contributed by atoms with Gasteiger partial charge in [0.2, 0.25) is 0 Å². The highest BCUT2D eigenvalue weighted by Gasteiger charge is 2.37. The van der Waals surface area contributed by atoms with Crippen LogP contribution in [0.1, 0.15) is 73.1 Å². The second-order valence-corrected chi connectivity index (χ2v) is 8.25. The molecule has 1 saturated carbocycles. The first-order chi connectivity index (χ1) is 9.69. The lowest BCUT2D eigenvalue weighted by Gasteiger charge is -2.38. The fourth-order valence-corrected chi connectivity index (χ4v) is 3.45. The summed E-state index contributed by atoms with van der Waals surface area (Å²) in [5, 5.41) is 10.2. The van der Waals surface area contributed by atoms with Gasteiger partial charge in [-0.05, 0) is 65.1 Å². The molecule has 0 saturated heterocycles. The minimum absolute atomic E-state index is 0.537. The third kappa shape index (κ3) is 4.35. The van der Waals surface area contributed by atoms with Crippen molar-refractivity contribution < 1.29 is 9.76 Å². The lowest BCUT2D eigenvalue weighted by molar-refractivity contribution is -0.0911. The van der Waals surface area contributed by atoms with Gasteiger partial charge in [-0.3, -0.25) is 0 Å². The summed E-state index contributed by atoms with van der Waals surface area (Å²) in [6.45, 7) is 9.84. The molecular formula is C18H32BO2. The number of hydrogen-bond donors (Lipinski definition) is 1. The largest absolute Gasteiger partial charge is 0.433 e. The standard InChI is InChI=1S/C18H32BO2/c1-13-6-7-14-8-10-16(11-9-15(14)12-13)19-21-18(4,5)17(2,3)20/h6,14-16,20H,7-12H2,1-5H3. The smallest absolute Gasteiger partial charge is 0.296 e. The van der Waals surface area contributed by atoms with Crippen molar-refractivity contribution in [3.05, 3.63) is 11.6 Å². The molecule has 0 spiro atoms. The van der Waals surface area contributed by atoms with Crippen molar-refractivity contribution in [2.75, 3.05) is 0 Å². The summed E-state index contributed by atoms with van der Waals surface area (Å²) in [5.41, 5.74) is 0.214. The van der Waals surface area contributed by atoms with E-state index in [2.05, 4.69) is 13.0 Å². The molecule has 0 aromatic heterocycles. The molecule has 2 aliphatic carbocycles. The van der Waals surface area contributed by atoms with Gasteiger partial charge in [-0.2, -0.15) is 0 Å². The van der Waals surface area contributed by atoms with E-state index in [1.54, 1.807) is 5.57 Å². The van der Waals surface area contributed by atoms with E-state index in [1.807, 2.05) is 35.2 Å². The maximum Gasteiger partial charge on any atom is 0.296 e. The molecule has 2 aliphatic rings. The average Bonchev–Trinajstić information content (AvgIpc) is 2.57. The minimum Gasteiger partial charge on any atom is -0.433 e. The molecule has 0 bridgehead atoms. The highest BCUT2D eigenvalue weighted by molar-refractivity contribution is 6.29. The molecule has 1 N–H and O–H groups in total. The summed E-state index contributed by atoms with van der Waals surface area (Å²) in [4.78, 5) is 0. The van der Waals surface area contributed by atoms with Crippen LogP contribution in [0.3, 0.4) is 0 Å². The quantitative estimate of drug-likeness (QED) is 0.610. The Morgan fingerprint density at radius 2 is 1.71 bits per heavy atom. The molecule has 1 fully saturated rings. The van der Waals surface area contributed by atoms with E-state index in [4.69, 9.17) is 4.65 Å². The first kappa shape index (κ1) is 17.1. The topological polar surface area (TPSA) is 29.5 Å². The van der Waals surface area contributed by atoms with Crippen LogP contribution in [0.5, 0.6) is 0 Å². The molecule has 21 heavy (non-hydrogen) atoms. The minimum atomic E-state index is -0.830. The van der Waals surface area contributed by atoms with Crippen molar-refractivity contribution in [1.29, 1.82) is 0 Å². The van der Waals surface area contributed by atoms with Gasteiger partial charge in [0, 0.05) is 0 Å². The molecule has 2 nitrogen and oxygen atoms in total. The Hall–Kier alpha value is -0.275. The summed E-state index contributed by atoms with van der Waals surface area (Å²) < 4.78 is 5.98. The van der Waals surface area contributed by atoms with Crippen LogP contribution in [0.25, 0.3) is 0 Å². The van der Waals surface area contributed by atoms with Gasteiger partial charge in [-0.25, -0.2) is 0 Å². The summed E-state index contributed by atoms with van der Waals surface area (Å²) in [5.74, 6) is 2.31. The number of allylic oxidation sites excluding steroid dienone is 2.